The Bertz CT molecular complexity index is 1050. The minimum Gasteiger partial charge on any atom is -0.330 e. The number of rotatable bonds is 8. The van der Waals surface area contributed by atoms with Crippen molar-refractivity contribution in [3.8, 4) is 0 Å². The highest BCUT2D eigenvalue weighted by atomic mass is 32.2. The molecule has 0 aliphatic heterocycles. The third-order valence-electron chi connectivity index (χ3n) is 5.14. The summed E-state index contributed by atoms with van der Waals surface area (Å²) in [6, 6.07) is 20.8. The van der Waals surface area contributed by atoms with E-state index in [1.165, 1.54) is 0 Å². The zero-order valence-corrected chi connectivity index (χ0v) is 16.9. The van der Waals surface area contributed by atoms with Crippen molar-refractivity contribution in [2.24, 2.45) is 11.5 Å². The van der Waals surface area contributed by atoms with E-state index in [9.17, 15) is 8.42 Å². The molecular formula is C22H27N3O2S. The van der Waals surface area contributed by atoms with Crippen molar-refractivity contribution in [2.45, 2.75) is 30.2 Å². The molecule has 148 valence electrons. The number of hydrogen-bond donors (Lipinski definition) is 3. The molecule has 0 saturated carbocycles. The van der Waals surface area contributed by atoms with E-state index in [1.807, 2.05) is 67.6 Å². The lowest BCUT2D eigenvalue weighted by Gasteiger charge is -2.33. The number of fused-ring (bicyclic) bond motifs is 1. The number of benzene rings is 3. The summed E-state index contributed by atoms with van der Waals surface area (Å²) >= 11 is 0. The van der Waals surface area contributed by atoms with Gasteiger partial charge in [-0.25, -0.2) is 13.1 Å². The third kappa shape index (κ3) is 4.25. The first kappa shape index (κ1) is 20.5. The van der Waals surface area contributed by atoms with Gasteiger partial charge in [-0.2, -0.15) is 0 Å². The molecule has 0 aromatic heterocycles. The van der Waals surface area contributed by atoms with E-state index < -0.39 is 15.6 Å². The average molecular weight is 398 g/mol. The Labute approximate surface area is 166 Å². The highest BCUT2D eigenvalue weighted by molar-refractivity contribution is 7.89. The molecule has 0 saturated heterocycles. The van der Waals surface area contributed by atoms with Gasteiger partial charge in [0.15, 0.2) is 0 Å². The van der Waals surface area contributed by atoms with Crippen LogP contribution in [0.2, 0.25) is 0 Å². The number of nitrogens with two attached hydrogens (primary N) is 2. The van der Waals surface area contributed by atoms with Gasteiger partial charge in [-0.05, 0) is 48.9 Å². The monoisotopic (exact) mass is 397 g/mol. The molecule has 6 heteroatoms. The van der Waals surface area contributed by atoms with Crippen molar-refractivity contribution in [1.82, 2.24) is 4.72 Å². The molecule has 5 N–H and O–H groups in total. The van der Waals surface area contributed by atoms with E-state index >= 15 is 0 Å². The van der Waals surface area contributed by atoms with Crippen LogP contribution in [0, 0.1) is 6.92 Å². The minimum atomic E-state index is -3.80. The Balaban J connectivity index is 2.04. The van der Waals surface area contributed by atoms with Crippen LogP contribution in [0.5, 0.6) is 0 Å². The molecule has 3 rings (SSSR count). The topological polar surface area (TPSA) is 98.2 Å². The first-order valence-electron chi connectivity index (χ1n) is 9.37. The van der Waals surface area contributed by atoms with Gasteiger partial charge < -0.3 is 11.5 Å². The van der Waals surface area contributed by atoms with Crippen LogP contribution >= 0.6 is 0 Å². The molecule has 5 nitrogen and oxygen atoms in total. The van der Waals surface area contributed by atoms with Gasteiger partial charge in [0.1, 0.15) is 0 Å². The fraction of sp³-hybridized carbons (Fsp3) is 0.273. The summed E-state index contributed by atoms with van der Waals surface area (Å²) < 4.78 is 29.7. The van der Waals surface area contributed by atoms with Crippen molar-refractivity contribution in [3.63, 3.8) is 0 Å². The minimum absolute atomic E-state index is 0.155. The van der Waals surface area contributed by atoms with Crippen molar-refractivity contribution in [1.29, 1.82) is 0 Å². The summed E-state index contributed by atoms with van der Waals surface area (Å²) in [5.41, 5.74) is 13.1. The van der Waals surface area contributed by atoms with Gasteiger partial charge in [-0.1, -0.05) is 60.7 Å². The van der Waals surface area contributed by atoms with E-state index in [-0.39, 0.29) is 11.4 Å². The van der Waals surface area contributed by atoms with Crippen molar-refractivity contribution in [2.75, 3.05) is 13.1 Å². The van der Waals surface area contributed by atoms with Crippen LogP contribution in [0.15, 0.2) is 71.6 Å². The van der Waals surface area contributed by atoms with Crippen LogP contribution in [0.25, 0.3) is 10.8 Å². The predicted molar refractivity (Wildman–Crippen MR) is 115 cm³/mol. The van der Waals surface area contributed by atoms with E-state index in [2.05, 4.69) is 4.72 Å². The molecule has 0 aliphatic rings. The lowest BCUT2D eigenvalue weighted by Crippen LogP contribution is -2.56. The third-order valence-corrected chi connectivity index (χ3v) is 6.78. The van der Waals surface area contributed by atoms with Gasteiger partial charge in [0.05, 0.1) is 10.4 Å². The van der Waals surface area contributed by atoms with Crippen molar-refractivity contribution in [3.05, 3.63) is 77.9 Å². The van der Waals surface area contributed by atoms with Crippen LogP contribution in [-0.4, -0.2) is 27.0 Å². The molecule has 0 aliphatic carbocycles. The Morgan fingerprint density at radius 3 is 2.18 bits per heavy atom. The van der Waals surface area contributed by atoms with Crippen LogP contribution < -0.4 is 16.2 Å². The summed E-state index contributed by atoms with van der Waals surface area (Å²) in [7, 11) is -3.80. The smallest absolute Gasteiger partial charge is 0.241 e. The molecule has 1 atom stereocenters. The van der Waals surface area contributed by atoms with E-state index in [4.69, 9.17) is 11.5 Å². The molecule has 3 aromatic rings. The molecule has 0 fully saturated rings. The normalized spacial score (nSPS) is 14.1. The summed E-state index contributed by atoms with van der Waals surface area (Å²) in [4.78, 5) is 0.261. The summed E-state index contributed by atoms with van der Waals surface area (Å²) in [5.74, 6) is 0. The molecular weight excluding hydrogens is 370 g/mol. The highest BCUT2D eigenvalue weighted by Gasteiger charge is 2.34. The Morgan fingerprint density at radius 2 is 1.54 bits per heavy atom. The first-order chi connectivity index (χ1) is 13.4. The standard InChI is InChI=1S/C22H27N3O2S/c1-17-11-12-21(20-10-6-5-9-19(17)20)28(26,27)25-22(16-24,13-14-23)15-18-7-3-2-4-8-18/h2-12,25H,13-16,23-24H2,1H3/t22-/m1/s1. The average Bonchev–Trinajstić information content (AvgIpc) is 2.69. The van der Waals surface area contributed by atoms with Gasteiger partial charge in [0.25, 0.3) is 0 Å². The molecule has 0 bridgehead atoms. The maximum atomic E-state index is 13.4. The van der Waals surface area contributed by atoms with Crippen LogP contribution in [-0.2, 0) is 16.4 Å². The van der Waals surface area contributed by atoms with Gasteiger partial charge >= 0.3 is 0 Å². The van der Waals surface area contributed by atoms with Crippen LogP contribution in [0.1, 0.15) is 17.5 Å². The predicted octanol–water partition coefficient (Wildman–Crippen LogP) is 2.72. The van der Waals surface area contributed by atoms with Crippen LogP contribution in [0.3, 0.4) is 0 Å². The molecule has 0 unspecified atom stereocenters. The largest absolute Gasteiger partial charge is 0.330 e. The molecule has 3 aromatic carbocycles. The SMILES string of the molecule is Cc1ccc(S(=O)(=O)N[C@](CN)(CCN)Cc2ccccc2)c2ccccc12. The van der Waals surface area contributed by atoms with E-state index in [0.717, 1.165) is 16.5 Å². The van der Waals surface area contributed by atoms with Crippen LogP contribution in [0.4, 0.5) is 0 Å². The first-order valence-corrected chi connectivity index (χ1v) is 10.9. The molecule has 0 heterocycles. The highest BCUT2D eigenvalue weighted by Crippen LogP contribution is 2.28. The second kappa shape index (κ2) is 8.41. The number of aryl methyl sites for hydroxylation is 1. The van der Waals surface area contributed by atoms with E-state index in [1.54, 1.807) is 6.07 Å². The summed E-state index contributed by atoms with van der Waals surface area (Å²) in [6.45, 7) is 2.46. The number of hydrogen-bond acceptors (Lipinski definition) is 4. The Hall–Kier alpha value is -2.25. The zero-order valence-electron chi connectivity index (χ0n) is 16.1. The molecule has 28 heavy (non-hydrogen) atoms. The number of sulfonamides is 1. The molecule has 0 spiro atoms. The fourth-order valence-corrected chi connectivity index (χ4v) is 5.30. The van der Waals surface area contributed by atoms with Gasteiger partial charge in [0.2, 0.25) is 10.0 Å². The maximum Gasteiger partial charge on any atom is 0.241 e. The molecule has 0 amide bonds. The summed E-state index contributed by atoms with van der Waals surface area (Å²) in [5, 5.41) is 1.62. The second-order valence-electron chi connectivity index (χ2n) is 7.22. The molecule has 0 radical (unpaired) electrons. The fourth-order valence-electron chi connectivity index (χ4n) is 3.65. The summed E-state index contributed by atoms with van der Waals surface area (Å²) in [6.07, 6.45) is 0.923. The number of nitrogens with one attached hydrogen (secondary N) is 1. The lowest BCUT2D eigenvalue weighted by atomic mass is 9.88. The Kier molecular flexibility index (Phi) is 6.15. The Morgan fingerprint density at radius 1 is 0.893 bits per heavy atom. The van der Waals surface area contributed by atoms with Gasteiger partial charge in [-0.15, -0.1) is 0 Å². The van der Waals surface area contributed by atoms with E-state index in [0.29, 0.717) is 24.8 Å². The second-order valence-corrected chi connectivity index (χ2v) is 8.87. The quantitative estimate of drug-likeness (QED) is 0.544. The van der Waals surface area contributed by atoms with Gasteiger partial charge in [0, 0.05) is 11.9 Å². The zero-order chi connectivity index (χ0) is 20.2. The van der Waals surface area contributed by atoms with Crippen molar-refractivity contribution >= 4 is 20.8 Å². The lowest BCUT2D eigenvalue weighted by molar-refractivity contribution is 0.363. The maximum absolute atomic E-state index is 13.4. The van der Waals surface area contributed by atoms with Crippen molar-refractivity contribution < 1.29 is 8.42 Å². The van der Waals surface area contributed by atoms with Gasteiger partial charge in [-0.3, -0.25) is 0 Å².